The number of nitrogens with one attached hydrogen (secondary N) is 2. The van der Waals surface area contributed by atoms with Crippen LogP contribution in [0, 0.1) is 0 Å². The lowest BCUT2D eigenvalue weighted by Gasteiger charge is -2.05. The monoisotopic (exact) mass is 246 g/mol. The molecule has 94 valence electrons. The molecule has 0 unspecified atom stereocenters. The van der Waals surface area contributed by atoms with Crippen LogP contribution in [0.3, 0.4) is 0 Å². The van der Waals surface area contributed by atoms with Gasteiger partial charge < -0.3 is 15.0 Å². The first-order valence-corrected chi connectivity index (χ1v) is 5.70. The lowest BCUT2D eigenvalue weighted by atomic mass is 10.2. The maximum absolute atomic E-state index is 11.9. The lowest BCUT2D eigenvalue weighted by molar-refractivity contribution is -0.109. The van der Waals surface area contributed by atoms with Crippen molar-refractivity contribution in [2.45, 2.75) is 6.42 Å². The van der Waals surface area contributed by atoms with E-state index in [-0.39, 0.29) is 5.91 Å². The maximum Gasteiger partial charge on any atom is 0.255 e. The highest BCUT2D eigenvalue weighted by Crippen LogP contribution is 2.07. The standard InChI is InChI=1S/C12H14N4O2/c17-9-13-4-2-5-15-12(18)10-3-1-7-16-8-6-14-11(10)16/h1,3,6-9H,2,4-5H2,(H,13,17)(H,15,18). The van der Waals surface area contributed by atoms with E-state index >= 15 is 0 Å². The highest BCUT2D eigenvalue weighted by Gasteiger charge is 2.10. The number of carbonyl (C=O) groups excluding carboxylic acids is 2. The number of rotatable bonds is 6. The van der Waals surface area contributed by atoms with Crippen LogP contribution in [0.2, 0.25) is 0 Å². The van der Waals surface area contributed by atoms with Crippen LogP contribution in [0.25, 0.3) is 5.65 Å². The number of carbonyl (C=O) groups is 2. The van der Waals surface area contributed by atoms with Crippen LogP contribution < -0.4 is 10.6 Å². The molecule has 0 saturated heterocycles. The van der Waals surface area contributed by atoms with Crippen molar-refractivity contribution >= 4 is 18.0 Å². The van der Waals surface area contributed by atoms with Crippen molar-refractivity contribution < 1.29 is 9.59 Å². The van der Waals surface area contributed by atoms with Gasteiger partial charge in [0.1, 0.15) is 5.65 Å². The van der Waals surface area contributed by atoms with Crippen molar-refractivity contribution in [2.75, 3.05) is 13.1 Å². The average molecular weight is 246 g/mol. The molecule has 0 aromatic carbocycles. The number of hydrogen-bond acceptors (Lipinski definition) is 3. The Morgan fingerprint density at radius 2 is 2.28 bits per heavy atom. The second-order valence-corrected chi connectivity index (χ2v) is 3.76. The molecule has 2 heterocycles. The summed E-state index contributed by atoms with van der Waals surface area (Å²) in [5.74, 6) is -0.155. The van der Waals surface area contributed by atoms with E-state index in [9.17, 15) is 9.59 Å². The second-order valence-electron chi connectivity index (χ2n) is 3.76. The zero-order valence-electron chi connectivity index (χ0n) is 9.80. The summed E-state index contributed by atoms with van der Waals surface area (Å²) in [5.41, 5.74) is 1.19. The minimum atomic E-state index is -0.155. The van der Waals surface area contributed by atoms with E-state index in [1.165, 1.54) is 0 Å². The van der Waals surface area contributed by atoms with Gasteiger partial charge in [-0.2, -0.15) is 0 Å². The van der Waals surface area contributed by atoms with E-state index in [1.807, 2.05) is 6.20 Å². The third-order valence-electron chi connectivity index (χ3n) is 2.53. The molecular weight excluding hydrogens is 232 g/mol. The number of aromatic nitrogens is 2. The van der Waals surface area contributed by atoms with Gasteiger partial charge in [-0.15, -0.1) is 0 Å². The number of hydrogen-bond donors (Lipinski definition) is 2. The molecule has 2 rings (SSSR count). The molecule has 0 bridgehead atoms. The molecule has 0 spiro atoms. The van der Waals surface area contributed by atoms with Crippen molar-refractivity contribution in [1.29, 1.82) is 0 Å². The normalized spacial score (nSPS) is 10.2. The molecule has 2 aromatic rings. The Balaban J connectivity index is 1.96. The van der Waals surface area contributed by atoms with Gasteiger partial charge in [0.15, 0.2) is 0 Å². The van der Waals surface area contributed by atoms with Crippen molar-refractivity contribution in [1.82, 2.24) is 20.0 Å². The molecule has 6 nitrogen and oxygen atoms in total. The zero-order valence-corrected chi connectivity index (χ0v) is 9.80. The molecule has 0 radical (unpaired) electrons. The fourth-order valence-corrected chi connectivity index (χ4v) is 1.67. The SMILES string of the molecule is O=CNCCCNC(=O)c1cccn2ccnc12. The van der Waals surface area contributed by atoms with Gasteiger partial charge in [-0.1, -0.05) is 0 Å². The predicted molar refractivity (Wildman–Crippen MR) is 66.2 cm³/mol. The Hall–Kier alpha value is -2.37. The maximum atomic E-state index is 11.9. The van der Waals surface area contributed by atoms with Gasteiger partial charge in [-0.05, 0) is 18.6 Å². The van der Waals surface area contributed by atoms with Crippen molar-refractivity contribution in [3.8, 4) is 0 Å². The van der Waals surface area contributed by atoms with E-state index in [0.717, 1.165) is 0 Å². The fraction of sp³-hybridized carbons (Fsp3) is 0.250. The Morgan fingerprint density at radius 3 is 3.11 bits per heavy atom. The summed E-state index contributed by atoms with van der Waals surface area (Å²) in [6.45, 7) is 1.07. The van der Waals surface area contributed by atoms with Gasteiger partial charge in [0, 0.05) is 31.7 Å². The van der Waals surface area contributed by atoms with Gasteiger partial charge in [0.2, 0.25) is 6.41 Å². The quantitative estimate of drug-likeness (QED) is 0.564. The largest absolute Gasteiger partial charge is 0.359 e. The zero-order chi connectivity index (χ0) is 12.8. The van der Waals surface area contributed by atoms with Crippen LogP contribution in [0.15, 0.2) is 30.7 Å². The van der Waals surface area contributed by atoms with Crippen molar-refractivity contribution in [2.24, 2.45) is 0 Å². The Labute approximate surface area is 104 Å². The number of nitrogens with zero attached hydrogens (tertiary/aromatic N) is 2. The molecule has 0 aliphatic heterocycles. The van der Waals surface area contributed by atoms with Gasteiger partial charge in [0.05, 0.1) is 5.56 Å². The Bertz CT molecular complexity index is 550. The smallest absolute Gasteiger partial charge is 0.255 e. The van der Waals surface area contributed by atoms with Crippen LogP contribution in [-0.2, 0) is 4.79 Å². The van der Waals surface area contributed by atoms with Crippen LogP contribution >= 0.6 is 0 Å². The first kappa shape index (κ1) is 12.1. The van der Waals surface area contributed by atoms with E-state index in [1.54, 1.807) is 28.9 Å². The Morgan fingerprint density at radius 1 is 1.39 bits per heavy atom. The molecule has 0 aliphatic carbocycles. The first-order chi connectivity index (χ1) is 8.83. The highest BCUT2D eigenvalue weighted by molar-refractivity contribution is 5.99. The first-order valence-electron chi connectivity index (χ1n) is 5.70. The van der Waals surface area contributed by atoms with Gasteiger partial charge in [-0.3, -0.25) is 9.59 Å². The minimum absolute atomic E-state index is 0.155. The fourth-order valence-electron chi connectivity index (χ4n) is 1.67. The summed E-state index contributed by atoms with van der Waals surface area (Å²) >= 11 is 0. The summed E-state index contributed by atoms with van der Waals surface area (Å²) in [5, 5.41) is 5.33. The molecule has 0 fully saturated rings. The van der Waals surface area contributed by atoms with Crippen LogP contribution in [-0.4, -0.2) is 34.8 Å². The predicted octanol–water partition coefficient (Wildman–Crippen LogP) is 0.200. The van der Waals surface area contributed by atoms with Crippen molar-refractivity contribution in [3.63, 3.8) is 0 Å². The number of fused-ring (bicyclic) bond motifs is 1. The number of pyridine rings is 1. The Kier molecular flexibility index (Phi) is 3.90. The highest BCUT2D eigenvalue weighted by atomic mass is 16.1. The molecule has 2 amide bonds. The van der Waals surface area contributed by atoms with Crippen LogP contribution in [0.5, 0.6) is 0 Å². The summed E-state index contributed by atoms with van der Waals surface area (Å²) in [7, 11) is 0. The summed E-state index contributed by atoms with van der Waals surface area (Å²) in [6.07, 6.45) is 6.63. The third kappa shape index (κ3) is 2.65. The van der Waals surface area contributed by atoms with E-state index in [0.29, 0.717) is 37.1 Å². The third-order valence-corrected chi connectivity index (χ3v) is 2.53. The minimum Gasteiger partial charge on any atom is -0.359 e. The summed E-state index contributed by atoms with van der Waals surface area (Å²) in [4.78, 5) is 26.1. The van der Waals surface area contributed by atoms with E-state index in [2.05, 4.69) is 15.6 Å². The van der Waals surface area contributed by atoms with Gasteiger partial charge in [-0.25, -0.2) is 4.98 Å². The summed E-state index contributed by atoms with van der Waals surface area (Å²) < 4.78 is 1.79. The molecule has 2 aromatic heterocycles. The van der Waals surface area contributed by atoms with E-state index < -0.39 is 0 Å². The van der Waals surface area contributed by atoms with Gasteiger partial charge >= 0.3 is 0 Å². The lowest BCUT2D eigenvalue weighted by Crippen LogP contribution is -2.27. The molecule has 18 heavy (non-hydrogen) atoms. The number of amides is 2. The van der Waals surface area contributed by atoms with Crippen LogP contribution in [0.4, 0.5) is 0 Å². The van der Waals surface area contributed by atoms with Crippen molar-refractivity contribution in [3.05, 3.63) is 36.3 Å². The molecule has 0 atom stereocenters. The molecule has 2 N–H and O–H groups in total. The second kappa shape index (κ2) is 5.81. The molecular formula is C12H14N4O2. The topological polar surface area (TPSA) is 75.5 Å². The average Bonchev–Trinajstić information content (AvgIpc) is 2.86. The molecule has 0 saturated carbocycles. The summed E-state index contributed by atoms with van der Waals surface area (Å²) in [6, 6.07) is 3.54. The van der Waals surface area contributed by atoms with E-state index in [4.69, 9.17) is 0 Å². The molecule has 6 heteroatoms. The van der Waals surface area contributed by atoms with Crippen LogP contribution in [0.1, 0.15) is 16.8 Å². The number of imidazole rings is 1. The molecule has 0 aliphatic rings. The van der Waals surface area contributed by atoms with Gasteiger partial charge in [0.25, 0.3) is 5.91 Å².